The fourth-order valence-corrected chi connectivity index (χ4v) is 5.20. The van der Waals surface area contributed by atoms with Crippen LogP contribution < -0.4 is 4.31 Å². The summed E-state index contributed by atoms with van der Waals surface area (Å²) in [6, 6.07) is 16.7. The lowest BCUT2D eigenvalue weighted by molar-refractivity contribution is -0.134. The maximum Gasteiger partial charge on any atom is 0.246 e. The fourth-order valence-electron chi connectivity index (χ4n) is 4.00. The Kier molecular flexibility index (Phi) is 8.10. The molecule has 0 radical (unpaired) electrons. The topological polar surface area (TPSA) is 60.9 Å². The lowest BCUT2D eigenvalue weighted by Gasteiger charge is -2.38. The molecule has 7 heteroatoms. The number of amides is 1. The molecule has 0 N–H and O–H groups in total. The van der Waals surface area contributed by atoms with Crippen molar-refractivity contribution in [3.63, 3.8) is 0 Å². The van der Waals surface area contributed by atoms with E-state index in [1.54, 1.807) is 17.0 Å². The minimum atomic E-state index is -3.61. The standard InChI is InChI=1S/C25H33N3O3S/c1-4-24(28(32(3,30)31)23-14-12-21(2)13-15-23)25(29)27-19-17-26(18-20-27)16-8-11-22-9-6-5-7-10-22/h5-15,24H,4,16-20H2,1-3H3/b11-8+/t24-/m0/s1. The second-order valence-corrected chi connectivity index (χ2v) is 10.1. The Balaban J connectivity index is 1.64. The Bertz CT molecular complexity index is 1010. The number of aryl methyl sites for hydroxylation is 1. The smallest absolute Gasteiger partial charge is 0.246 e. The molecule has 1 atom stereocenters. The summed E-state index contributed by atoms with van der Waals surface area (Å²) < 4.78 is 26.5. The van der Waals surface area contributed by atoms with Crippen LogP contribution in [0.15, 0.2) is 60.7 Å². The molecule has 2 aromatic rings. The first kappa shape index (κ1) is 24.0. The third-order valence-corrected chi connectivity index (χ3v) is 6.94. The summed E-state index contributed by atoms with van der Waals surface area (Å²) in [4.78, 5) is 17.5. The molecule has 0 aliphatic carbocycles. The molecule has 0 saturated carbocycles. The fraction of sp³-hybridized carbons (Fsp3) is 0.400. The first-order chi connectivity index (χ1) is 15.3. The summed E-state index contributed by atoms with van der Waals surface area (Å²) in [5.74, 6) is -0.127. The molecule has 1 aliphatic rings. The Morgan fingerprint density at radius 2 is 1.66 bits per heavy atom. The van der Waals surface area contributed by atoms with E-state index in [4.69, 9.17) is 0 Å². The van der Waals surface area contributed by atoms with Crippen molar-refractivity contribution in [3.05, 3.63) is 71.8 Å². The van der Waals surface area contributed by atoms with Gasteiger partial charge < -0.3 is 4.90 Å². The van der Waals surface area contributed by atoms with Crippen LogP contribution in [-0.2, 0) is 14.8 Å². The van der Waals surface area contributed by atoms with Crippen molar-refractivity contribution in [1.29, 1.82) is 0 Å². The van der Waals surface area contributed by atoms with E-state index in [0.29, 0.717) is 25.2 Å². The van der Waals surface area contributed by atoms with Gasteiger partial charge in [0.05, 0.1) is 11.9 Å². The molecule has 6 nitrogen and oxygen atoms in total. The van der Waals surface area contributed by atoms with Crippen LogP contribution in [0.25, 0.3) is 6.08 Å². The highest BCUT2D eigenvalue weighted by Gasteiger charge is 2.35. The zero-order chi connectivity index (χ0) is 23.1. The van der Waals surface area contributed by atoms with E-state index >= 15 is 0 Å². The van der Waals surface area contributed by atoms with Crippen molar-refractivity contribution in [3.8, 4) is 0 Å². The Morgan fingerprint density at radius 3 is 2.22 bits per heavy atom. The van der Waals surface area contributed by atoms with E-state index in [-0.39, 0.29) is 5.91 Å². The number of anilines is 1. The molecule has 2 aromatic carbocycles. The van der Waals surface area contributed by atoms with Gasteiger partial charge in [0.15, 0.2) is 0 Å². The van der Waals surface area contributed by atoms with Gasteiger partial charge in [0.1, 0.15) is 6.04 Å². The molecule has 0 spiro atoms. The Hall–Kier alpha value is -2.64. The lowest BCUT2D eigenvalue weighted by atomic mass is 10.1. The number of piperazine rings is 1. The summed E-state index contributed by atoms with van der Waals surface area (Å²) in [7, 11) is -3.61. The van der Waals surface area contributed by atoms with Crippen LogP contribution >= 0.6 is 0 Å². The largest absolute Gasteiger partial charge is 0.338 e. The average molecular weight is 456 g/mol. The zero-order valence-corrected chi connectivity index (χ0v) is 20.0. The maximum absolute atomic E-state index is 13.4. The van der Waals surface area contributed by atoms with Gasteiger partial charge in [-0.05, 0) is 31.0 Å². The summed E-state index contributed by atoms with van der Waals surface area (Å²) in [6.07, 6.45) is 5.83. The van der Waals surface area contributed by atoms with E-state index in [2.05, 4.69) is 29.2 Å². The quantitative estimate of drug-likeness (QED) is 0.612. The summed E-state index contributed by atoms with van der Waals surface area (Å²) in [6.45, 7) is 7.37. The first-order valence-electron chi connectivity index (χ1n) is 11.1. The molecule has 0 aromatic heterocycles. The summed E-state index contributed by atoms with van der Waals surface area (Å²) in [5, 5.41) is 0. The number of nitrogens with zero attached hydrogens (tertiary/aromatic N) is 3. The predicted molar refractivity (Wildman–Crippen MR) is 131 cm³/mol. The average Bonchev–Trinajstić information content (AvgIpc) is 2.78. The molecule has 0 bridgehead atoms. The van der Waals surface area contributed by atoms with Crippen LogP contribution in [-0.4, -0.2) is 69.1 Å². The molecule has 1 fully saturated rings. The van der Waals surface area contributed by atoms with E-state index in [1.807, 2.05) is 44.2 Å². The number of carbonyl (C=O) groups is 1. The van der Waals surface area contributed by atoms with E-state index in [9.17, 15) is 13.2 Å². The van der Waals surface area contributed by atoms with Crippen LogP contribution in [0.1, 0.15) is 24.5 Å². The predicted octanol–water partition coefficient (Wildman–Crippen LogP) is 3.40. The molecule has 172 valence electrons. The number of hydrogen-bond donors (Lipinski definition) is 0. The zero-order valence-electron chi connectivity index (χ0n) is 19.1. The van der Waals surface area contributed by atoms with Gasteiger partial charge in [-0.1, -0.05) is 67.1 Å². The van der Waals surface area contributed by atoms with Crippen molar-refractivity contribution in [2.75, 3.05) is 43.3 Å². The number of hydrogen-bond acceptors (Lipinski definition) is 4. The molecule has 1 saturated heterocycles. The minimum absolute atomic E-state index is 0.127. The number of rotatable bonds is 8. The second kappa shape index (κ2) is 10.8. The molecule has 0 unspecified atom stereocenters. The van der Waals surface area contributed by atoms with Crippen molar-refractivity contribution in [1.82, 2.24) is 9.80 Å². The van der Waals surface area contributed by atoms with Gasteiger partial charge in [0.2, 0.25) is 15.9 Å². The summed E-state index contributed by atoms with van der Waals surface area (Å²) >= 11 is 0. The molecule has 1 aliphatic heterocycles. The van der Waals surface area contributed by atoms with Gasteiger partial charge >= 0.3 is 0 Å². The molecule has 1 amide bonds. The van der Waals surface area contributed by atoms with Gasteiger partial charge in [-0.25, -0.2) is 8.42 Å². The molecule has 3 rings (SSSR count). The van der Waals surface area contributed by atoms with Gasteiger partial charge in [-0.3, -0.25) is 14.0 Å². The highest BCUT2D eigenvalue weighted by atomic mass is 32.2. The van der Waals surface area contributed by atoms with Crippen LogP contribution in [0.4, 0.5) is 5.69 Å². The van der Waals surface area contributed by atoms with Crippen LogP contribution in [0.2, 0.25) is 0 Å². The third kappa shape index (κ3) is 6.20. The van der Waals surface area contributed by atoms with Crippen molar-refractivity contribution >= 4 is 27.7 Å². The molecular weight excluding hydrogens is 422 g/mol. The highest BCUT2D eigenvalue weighted by Crippen LogP contribution is 2.24. The number of benzene rings is 2. The highest BCUT2D eigenvalue weighted by molar-refractivity contribution is 7.92. The molecule has 1 heterocycles. The van der Waals surface area contributed by atoms with Crippen LogP contribution in [0.5, 0.6) is 0 Å². The van der Waals surface area contributed by atoms with Gasteiger partial charge in [-0.2, -0.15) is 0 Å². The van der Waals surface area contributed by atoms with Gasteiger partial charge in [0, 0.05) is 32.7 Å². The number of carbonyl (C=O) groups excluding carboxylic acids is 1. The lowest BCUT2D eigenvalue weighted by Crippen LogP contribution is -2.55. The van der Waals surface area contributed by atoms with Crippen molar-refractivity contribution in [2.24, 2.45) is 0 Å². The minimum Gasteiger partial charge on any atom is -0.338 e. The van der Waals surface area contributed by atoms with E-state index < -0.39 is 16.1 Å². The SMILES string of the molecule is CC[C@@H](C(=O)N1CCN(C/C=C/c2ccccc2)CC1)N(c1ccc(C)cc1)S(C)(=O)=O. The summed E-state index contributed by atoms with van der Waals surface area (Å²) in [5.41, 5.74) is 2.74. The number of sulfonamides is 1. The van der Waals surface area contributed by atoms with Crippen LogP contribution in [0.3, 0.4) is 0 Å². The van der Waals surface area contributed by atoms with E-state index in [0.717, 1.165) is 25.2 Å². The normalized spacial score (nSPS) is 16.3. The first-order valence-corrected chi connectivity index (χ1v) is 12.9. The monoisotopic (exact) mass is 455 g/mol. The van der Waals surface area contributed by atoms with Gasteiger partial charge in [0.25, 0.3) is 0 Å². The third-order valence-electron chi connectivity index (χ3n) is 5.76. The van der Waals surface area contributed by atoms with E-state index in [1.165, 1.54) is 16.1 Å². The maximum atomic E-state index is 13.4. The Labute approximate surface area is 192 Å². The molecular formula is C25H33N3O3S. The van der Waals surface area contributed by atoms with Crippen molar-refractivity contribution < 1.29 is 13.2 Å². The van der Waals surface area contributed by atoms with Crippen LogP contribution in [0, 0.1) is 6.92 Å². The second-order valence-electron chi connectivity index (χ2n) is 8.26. The van der Waals surface area contributed by atoms with Crippen molar-refractivity contribution in [2.45, 2.75) is 26.3 Å². The van der Waals surface area contributed by atoms with Gasteiger partial charge in [-0.15, -0.1) is 0 Å². The molecule has 32 heavy (non-hydrogen) atoms. The Morgan fingerprint density at radius 1 is 1.03 bits per heavy atom.